The summed E-state index contributed by atoms with van der Waals surface area (Å²) in [6.07, 6.45) is -0.146. The van der Waals surface area contributed by atoms with Crippen LogP contribution in [0.15, 0.2) is 24.3 Å². The van der Waals surface area contributed by atoms with Crippen molar-refractivity contribution in [3.63, 3.8) is 0 Å². The highest BCUT2D eigenvalue weighted by Crippen LogP contribution is 2.45. The molecule has 2 rings (SSSR count). The summed E-state index contributed by atoms with van der Waals surface area (Å²) in [5, 5.41) is 11.9. The Morgan fingerprint density at radius 1 is 1.39 bits per heavy atom. The van der Waals surface area contributed by atoms with E-state index in [-0.39, 0.29) is 12.6 Å². The van der Waals surface area contributed by atoms with Crippen molar-refractivity contribution in [1.29, 1.82) is 0 Å². The van der Waals surface area contributed by atoms with E-state index >= 15 is 0 Å². The molecule has 18 heavy (non-hydrogen) atoms. The summed E-state index contributed by atoms with van der Waals surface area (Å²) < 4.78 is 11.1. The molecule has 1 aromatic carbocycles. The van der Waals surface area contributed by atoms with Crippen LogP contribution in [0.5, 0.6) is 0 Å². The number of carbonyl (C=O) groups is 1. The number of nitrogens with one attached hydrogen (secondary N) is 1. The van der Waals surface area contributed by atoms with Gasteiger partial charge in [-0.15, -0.1) is 0 Å². The lowest BCUT2D eigenvalue weighted by molar-refractivity contribution is -0.138. The van der Waals surface area contributed by atoms with E-state index in [4.69, 9.17) is 14.9 Å². The van der Waals surface area contributed by atoms with Crippen molar-refractivity contribution < 1.29 is 24.3 Å². The lowest BCUT2D eigenvalue weighted by Gasteiger charge is -2.31. The molecule has 0 saturated carbocycles. The van der Waals surface area contributed by atoms with Crippen molar-refractivity contribution in [2.24, 2.45) is 0 Å². The molecule has 1 aromatic rings. The number of rotatable bonds is 3. The summed E-state index contributed by atoms with van der Waals surface area (Å²) in [6.45, 7) is 0. The second-order valence-corrected chi connectivity index (χ2v) is 6.10. The van der Waals surface area contributed by atoms with Gasteiger partial charge in [0.15, 0.2) is 0 Å². The minimum Gasteiger partial charge on any atom is -0.480 e. The van der Waals surface area contributed by atoms with Crippen LogP contribution in [-0.4, -0.2) is 33.1 Å². The first-order chi connectivity index (χ1) is 8.37. The Morgan fingerprint density at radius 2 is 2.06 bits per heavy atom. The van der Waals surface area contributed by atoms with Gasteiger partial charge in [0, 0.05) is 5.69 Å². The maximum atomic E-state index is 11.1. The lowest BCUT2D eigenvalue weighted by atomic mass is 9.88. The van der Waals surface area contributed by atoms with Gasteiger partial charge in [-0.3, -0.25) is 4.57 Å². The van der Waals surface area contributed by atoms with Gasteiger partial charge in [0.1, 0.15) is 6.04 Å². The van der Waals surface area contributed by atoms with Crippen LogP contribution in [-0.2, 0) is 9.36 Å². The Labute approximate surface area is 104 Å². The second-order valence-electron chi connectivity index (χ2n) is 4.40. The van der Waals surface area contributed by atoms with E-state index in [0.717, 1.165) is 5.56 Å². The molecule has 2 unspecified atom stereocenters. The highest BCUT2D eigenvalue weighted by atomic mass is 31.2. The van der Waals surface area contributed by atoms with Gasteiger partial charge >= 0.3 is 13.6 Å². The Bertz CT molecular complexity index is 512. The van der Waals surface area contributed by atoms with E-state index in [1.54, 1.807) is 24.3 Å². The molecule has 0 aromatic heterocycles. The van der Waals surface area contributed by atoms with Crippen molar-refractivity contribution in [2.45, 2.75) is 18.4 Å². The third kappa shape index (κ3) is 2.90. The zero-order valence-corrected chi connectivity index (χ0v) is 10.4. The summed E-state index contributed by atoms with van der Waals surface area (Å²) in [5.41, 5.74) is 1.40. The molecule has 98 valence electrons. The molecule has 7 heteroatoms. The second kappa shape index (κ2) is 4.72. The Morgan fingerprint density at radius 3 is 2.67 bits per heavy atom. The molecule has 0 radical (unpaired) electrons. The lowest BCUT2D eigenvalue weighted by Crippen LogP contribution is -2.35. The fraction of sp³-hybridized carbons (Fsp3) is 0.364. The van der Waals surface area contributed by atoms with Crippen molar-refractivity contribution >= 4 is 19.3 Å². The van der Waals surface area contributed by atoms with Crippen LogP contribution in [0.25, 0.3) is 0 Å². The molecule has 0 amide bonds. The van der Waals surface area contributed by atoms with Gasteiger partial charge in [0.25, 0.3) is 0 Å². The summed E-state index contributed by atoms with van der Waals surface area (Å²) in [5.74, 6) is -1.45. The molecule has 0 fully saturated rings. The molecule has 1 heterocycles. The molecule has 6 nitrogen and oxygen atoms in total. The number of aliphatic carboxylic acids is 1. The number of para-hydroxylation sites is 1. The summed E-state index contributed by atoms with van der Waals surface area (Å²) in [7, 11) is -4.17. The number of hydrogen-bond acceptors (Lipinski definition) is 3. The number of fused-ring (bicyclic) bond motifs is 1. The fourth-order valence-corrected chi connectivity index (χ4v) is 3.19. The number of carboxylic acids is 1. The maximum Gasteiger partial charge on any atom is 0.326 e. The predicted octanol–water partition coefficient (Wildman–Crippen LogP) is 1.22. The zero-order chi connectivity index (χ0) is 13.3. The molecule has 4 N–H and O–H groups in total. The fourth-order valence-electron chi connectivity index (χ4n) is 2.27. The zero-order valence-electron chi connectivity index (χ0n) is 9.48. The van der Waals surface area contributed by atoms with Gasteiger partial charge in [-0.25, -0.2) is 4.79 Å². The maximum absolute atomic E-state index is 11.1. The summed E-state index contributed by atoms with van der Waals surface area (Å²) in [6, 6.07) is 6.20. The van der Waals surface area contributed by atoms with E-state index in [9.17, 15) is 9.36 Å². The molecular weight excluding hydrogens is 257 g/mol. The predicted molar refractivity (Wildman–Crippen MR) is 65.8 cm³/mol. The minimum atomic E-state index is -4.17. The highest BCUT2D eigenvalue weighted by Gasteiger charge is 2.33. The minimum absolute atomic E-state index is 0.178. The quantitative estimate of drug-likeness (QED) is 0.616. The highest BCUT2D eigenvalue weighted by molar-refractivity contribution is 7.51. The van der Waals surface area contributed by atoms with Gasteiger partial charge in [-0.2, -0.15) is 0 Å². The number of benzene rings is 1. The van der Waals surface area contributed by atoms with Crippen molar-refractivity contribution in [2.75, 3.05) is 11.5 Å². The van der Waals surface area contributed by atoms with Crippen LogP contribution in [0.4, 0.5) is 5.69 Å². The van der Waals surface area contributed by atoms with Gasteiger partial charge in [-0.1, -0.05) is 18.2 Å². The largest absolute Gasteiger partial charge is 0.480 e. The van der Waals surface area contributed by atoms with E-state index < -0.39 is 25.5 Å². The van der Waals surface area contributed by atoms with Gasteiger partial charge in [0.2, 0.25) is 0 Å². The smallest absolute Gasteiger partial charge is 0.326 e. The van der Waals surface area contributed by atoms with Gasteiger partial charge in [-0.05, 0) is 24.0 Å². The first-order valence-corrected chi connectivity index (χ1v) is 7.29. The van der Waals surface area contributed by atoms with Crippen molar-refractivity contribution in [3.8, 4) is 0 Å². The van der Waals surface area contributed by atoms with Crippen LogP contribution >= 0.6 is 7.60 Å². The third-order valence-corrected chi connectivity index (χ3v) is 3.92. The van der Waals surface area contributed by atoms with E-state index in [1.807, 2.05) is 0 Å². The monoisotopic (exact) mass is 271 g/mol. The topological polar surface area (TPSA) is 107 Å². The molecule has 0 saturated heterocycles. The van der Waals surface area contributed by atoms with E-state index in [0.29, 0.717) is 5.69 Å². The molecule has 0 aliphatic carbocycles. The molecular formula is C11H14NO5P. The van der Waals surface area contributed by atoms with Crippen LogP contribution < -0.4 is 5.32 Å². The third-order valence-electron chi connectivity index (χ3n) is 3.01. The average molecular weight is 271 g/mol. The standard InChI is InChI=1S/C11H14NO5P/c13-11(14)10-5-7(6-18(15,16)17)8-3-1-2-4-9(8)12-10/h1-4,7,10,12H,5-6H2,(H,13,14)(H2,15,16,17). The first kappa shape index (κ1) is 13.1. The Kier molecular flexibility index (Phi) is 3.43. The van der Waals surface area contributed by atoms with E-state index in [2.05, 4.69) is 5.32 Å². The van der Waals surface area contributed by atoms with Crippen LogP contribution in [0, 0.1) is 0 Å². The molecule has 0 spiro atoms. The van der Waals surface area contributed by atoms with Crippen molar-refractivity contribution in [3.05, 3.63) is 29.8 Å². The normalized spacial score (nSPS) is 23.0. The molecule has 0 bridgehead atoms. The Balaban J connectivity index is 2.33. The SMILES string of the molecule is O=C(O)C1CC(CP(=O)(O)O)c2ccccc2N1. The molecule has 1 aliphatic rings. The van der Waals surface area contributed by atoms with Crippen LogP contribution in [0.1, 0.15) is 17.9 Å². The van der Waals surface area contributed by atoms with E-state index in [1.165, 1.54) is 0 Å². The Hall–Kier alpha value is -1.36. The van der Waals surface area contributed by atoms with Gasteiger partial charge < -0.3 is 20.2 Å². The molecule has 1 aliphatic heterocycles. The van der Waals surface area contributed by atoms with Gasteiger partial charge in [0.05, 0.1) is 6.16 Å². The summed E-state index contributed by atoms with van der Waals surface area (Å²) >= 11 is 0. The number of anilines is 1. The number of hydrogen-bond donors (Lipinski definition) is 4. The molecule has 2 atom stereocenters. The van der Waals surface area contributed by atoms with Crippen LogP contribution in [0.3, 0.4) is 0 Å². The first-order valence-electron chi connectivity index (χ1n) is 5.49. The van der Waals surface area contributed by atoms with Crippen molar-refractivity contribution in [1.82, 2.24) is 0 Å². The van der Waals surface area contributed by atoms with Crippen LogP contribution in [0.2, 0.25) is 0 Å². The summed E-state index contributed by atoms with van der Waals surface area (Å²) in [4.78, 5) is 29.1. The average Bonchev–Trinajstić information content (AvgIpc) is 2.26. The number of carboxylic acid groups (broad SMARTS) is 1.